The van der Waals surface area contributed by atoms with Crippen molar-refractivity contribution < 1.29 is 31.9 Å². The normalized spacial score (nSPS) is 11.1. The van der Waals surface area contributed by atoms with Gasteiger partial charge in [0.05, 0.1) is 23.9 Å². The fourth-order valence-corrected chi connectivity index (χ4v) is 2.08. The molecule has 0 spiro atoms. The third kappa shape index (κ3) is 3.87. The minimum atomic E-state index is -4.91. The summed E-state index contributed by atoms with van der Waals surface area (Å²) < 4.78 is 57.1. The summed E-state index contributed by atoms with van der Waals surface area (Å²) >= 11 is 0. The van der Waals surface area contributed by atoms with Crippen molar-refractivity contribution in [3.05, 3.63) is 58.9 Å². The number of anilines is 1. The number of primary amides is 1. The van der Waals surface area contributed by atoms with E-state index in [2.05, 4.69) is 0 Å². The van der Waals surface area contributed by atoms with Gasteiger partial charge in [0, 0.05) is 5.56 Å². The van der Waals surface area contributed by atoms with Gasteiger partial charge in [0.15, 0.2) is 5.82 Å². The topological polar surface area (TPSA) is 81.4 Å². The fraction of sp³-hybridized carbons (Fsp3) is 0.125. The number of alkyl halides is 3. The largest absolute Gasteiger partial charge is 0.496 e. The van der Waals surface area contributed by atoms with Crippen LogP contribution in [0.2, 0.25) is 0 Å². The first kappa shape index (κ1) is 18.2. The van der Waals surface area contributed by atoms with Crippen molar-refractivity contribution in [3.8, 4) is 5.75 Å². The van der Waals surface area contributed by atoms with Gasteiger partial charge in [-0.05, 0) is 30.3 Å². The maximum absolute atomic E-state index is 14.0. The first-order valence-corrected chi connectivity index (χ1v) is 6.80. The molecule has 2 amide bonds. The van der Waals surface area contributed by atoms with Crippen LogP contribution in [-0.4, -0.2) is 18.9 Å². The van der Waals surface area contributed by atoms with Crippen LogP contribution in [0.25, 0.3) is 0 Å². The molecule has 0 saturated carbocycles. The van der Waals surface area contributed by atoms with E-state index in [0.29, 0.717) is 6.07 Å². The van der Waals surface area contributed by atoms with Gasteiger partial charge < -0.3 is 15.8 Å². The molecule has 132 valence electrons. The Morgan fingerprint density at radius 3 is 2.40 bits per heavy atom. The van der Waals surface area contributed by atoms with Gasteiger partial charge in [-0.1, -0.05) is 6.07 Å². The molecule has 0 aromatic heterocycles. The average Bonchev–Trinajstić information content (AvgIpc) is 2.54. The molecule has 0 saturated heterocycles. The van der Waals surface area contributed by atoms with E-state index < -0.39 is 35.1 Å². The van der Waals surface area contributed by atoms with Crippen molar-refractivity contribution in [1.82, 2.24) is 0 Å². The molecule has 0 heterocycles. The maximum atomic E-state index is 14.0. The zero-order chi connectivity index (χ0) is 18.8. The molecular formula is C16H12F4N2O3. The predicted octanol–water partition coefficient (Wildman–Crippen LogP) is 3.20. The fourth-order valence-electron chi connectivity index (χ4n) is 2.08. The quantitative estimate of drug-likeness (QED) is 0.826. The van der Waals surface area contributed by atoms with Crippen LogP contribution < -0.4 is 15.8 Å². The third-order valence-electron chi connectivity index (χ3n) is 3.28. The molecule has 0 aliphatic heterocycles. The van der Waals surface area contributed by atoms with E-state index in [-0.39, 0.29) is 16.9 Å². The van der Waals surface area contributed by atoms with E-state index in [1.165, 1.54) is 19.2 Å². The number of benzene rings is 2. The lowest BCUT2D eigenvalue weighted by molar-refractivity contribution is -0.139. The highest BCUT2D eigenvalue weighted by Crippen LogP contribution is 2.34. The lowest BCUT2D eigenvalue weighted by Gasteiger charge is -2.13. The van der Waals surface area contributed by atoms with Crippen LogP contribution in [0.3, 0.4) is 0 Å². The minimum absolute atomic E-state index is 0.0181. The van der Waals surface area contributed by atoms with E-state index in [0.717, 1.165) is 18.2 Å². The summed E-state index contributed by atoms with van der Waals surface area (Å²) in [6, 6.07) is 6.19. The highest BCUT2D eigenvalue weighted by atomic mass is 19.4. The number of methoxy groups -OCH3 is 1. The van der Waals surface area contributed by atoms with Crippen molar-refractivity contribution >= 4 is 17.5 Å². The van der Waals surface area contributed by atoms with E-state index >= 15 is 0 Å². The van der Waals surface area contributed by atoms with Gasteiger partial charge in [-0.15, -0.1) is 0 Å². The Hall–Kier alpha value is -3.10. The number of nitrogens with one attached hydrogen (secondary N) is 1. The van der Waals surface area contributed by atoms with Crippen molar-refractivity contribution in [2.75, 3.05) is 12.4 Å². The summed E-state index contributed by atoms with van der Waals surface area (Å²) in [7, 11) is 1.25. The standard InChI is InChI=1S/C16H12F4N2O3/c1-25-12-6-5-8(14(21)23)7-9(12)15(24)22-11-4-2-3-10(13(11)17)16(18,19)20/h2-7H,1H3,(H2,21,23)(H,22,24). The molecule has 0 atom stereocenters. The summed E-state index contributed by atoms with van der Waals surface area (Å²) in [6.45, 7) is 0. The van der Waals surface area contributed by atoms with Crippen LogP contribution in [0, 0.1) is 5.82 Å². The maximum Gasteiger partial charge on any atom is 0.419 e. The lowest BCUT2D eigenvalue weighted by atomic mass is 10.1. The van der Waals surface area contributed by atoms with Crippen LogP contribution in [0.4, 0.5) is 23.2 Å². The number of rotatable bonds is 4. The van der Waals surface area contributed by atoms with Gasteiger partial charge in [-0.2, -0.15) is 13.2 Å². The van der Waals surface area contributed by atoms with Gasteiger partial charge in [0.2, 0.25) is 5.91 Å². The van der Waals surface area contributed by atoms with Crippen molar-refractivity contribution in [2.24, 2.45) is 5.73 Å². The second-order valence-corrected chi connectivity index (χ2v) is 4.90. The Kier molecular flexibility index (Phi) is 4.96. The number of hydrogen-bond acceptors (Lipinski definition) is 3. The van der Waals surface area contributed by atoms with Crippen molar-refractivity contribution in [3.63, 3.8) is 0 Å². The number of carbonyl (C=O) groups is 2. The molecule has 0 fully saturated rings. The van der Waals surface area contributed by atoms with Gasteiger partial charge in [0.1, 0.15) is 5.75 Å². The van der Waals surface area contributed by atoms with E-state index in [9.17, 15) is 27.2 Å². The number of nitrogens with two attached hydrogens (primary N) is 1. The molecule has 2 aromatic rings. The molecule has 0 aliphatic carbocycles. The summed E-state index contributed by atoms with van der Waals surface area (Å²) in [5.74, 6) is -3.36. The van der Waals surface area contributed by atoms with Crippen LogP contribution in [-0.2, 0) is 6.18 Å². The number of hydrogen-bond donors (Lipinski definition) is 2. The molecule has 0 aliphatic rings. The minimum Gasteiger partial charge on any atom is -0.496 e. The Morgan fingerprint density at radius 2 is 1.84 bits per heavy atom. The van der Waals surface area contributed by atoms with Crippen LogP contribution in [0.15, 0.2) is 36.4 Å². The van der Waals surface area contributed by atoms with E-state index in [4.69, 9.17) is 10.5 Å². The monoisotopic (exact) mass is 356 g/mol. The molecule has 3 N–H and O–H groups in total. The van der Waals surface area contributed by atoms with Crippen LogP contribution >= 0.6 is 0 Å². The summed E-state index contributed by atoms with van der Waals surface area (Å²) in [5, 5.41) is 2.03. The molecule has 2 aromatic carbocycles. The molecule has 0 bridgehead atoms. The van der Waals surface area contributed by atoms with Crippen molar-refractivity contribution in [1.29, 1.82) is 0 Å². The molecule has 9 heteroatoms. The summed E-state index contributed by atoms with van der Waals surface area (Å²) in [5.41, 5.74) is 2.75. The SMILES string of the molecule is COc1ccc(C(N)=O)cc1C(=O)Nc1cccc(C(F)(F)F)c1F. The molecule has 0 unspecified atom stereocenters. The highest BCUT2D eigenvalue weighted by Gasteiger charge is 2.35. The second kappa shape index (κ2) is 6.80. The Bertz CT molecular complexity index is 835. The molecule has 25 heavy (non-hydrogen) atoms. The first-order chi connectivity index (χ1) is 11.6. The lowest BCUT2D eigenvalue weighted by Crippen LogP contribution is -2.18. The van der Waals surface area contributed by atoms with E-state index in [1.54, 1.807) is 0 Å². The molecule has 2 rings (SSSR count). The zero-order valence-corrected chi connectivity index (χ0v) is 12.8. The number of amides is 2. The molecule has 0 radical (unpaired) electrons. The van der Waals surface area contributed by atoms with Gasteiger partial charge >= 0.3 is 6.18 Å². The summed E-state index contributed by atoms with van der Waals surface area (Å²) in [6.07, 6.45) is -4.91. The average molecular weight is 356 g/mol. The smallest absolute Gasteiger partial charge is 0.419 e. The van der Waals surface area contributed by atoms with Crippen LogP contribution in [0.5, 0.6) is 5.75 Å². The number of ether oxygens (including phenoxy) is 1. The van der Waals surface area contributed by atoms with Gasteiger partial charge in [-0.3, -0.25) is 9.59 Å². The van der Waals surface area contributed by atoms with Gasteiger partial charge in [0.25, 0.3) is 5.91 Å². The van der Waals surface area contributed by atoms with Gasteiger partial charge in [-0.25, -0.2) is 4.39 Å². The highest BCUT2D eigenvalue weighted by molar-refractivity contribution is 6.08. The number of carbonyl (C=O) groups excluding carboxylic acids is 2. The first-order valence-electron chi connectivity index (χ1n) is 6.80. The molecule has 5 nitrogen and oxygen atoms in total. The zero-order valence-electron chi connectivity index (χ0n) is 12.8. The predicted molar refractivity (Wildman–Crippen MR) is 80.9 cm³/mol. The van der Waals surface area contributed by atoms with E-state index in [1.807, 2.05) is 5.32 Å². The Morgan fingerprint density at radius 1 is 1.16 bits per heavy atom. The number of halogens is 4. The van der Waals surface area contributed by atoms with Crippen LogP contribution in [0.1, 0.15) is 26.3 Å². The third-order valence-corrected chi connectivity index (χ3v) is 3.28. The second-order valence-electron chi connectivity index (χ2n) is 4.90. The Labute approximate surface area is 139 Å². The summed E-state index contributed by atoms with van der Waals surface area (Å²) in [4.78, 5) is 23.5. The molecular weight excluding hydrogens is 344 g/mol. The van der Waals surface area contributed by atoms with Crippen molar-refractivity contribution in [2.45, 2.75) is 6.18 Å². The Balaban J connectivity index is 2.41.